The van der Waals surface area contributed by atoms with Gasteiger partial charge in [0.25, 0.3) is 10.0 Å². The Morgan fingerprint density at radius 2 is 1.94 bits per heavy atom. The molecule has 1 aromatic heterocycles. The average molecular weight is 415 g/mol. The molecule has 0 aliphatic heterocycles. The van der Waals surface area contributed by atoms with E-state index in [2.05, 4.69) is 36.6 Å². The Morgan fingerprint density at radius 1 is 1.22 bits per heavy atom. The summed E-state index contributed by atoms with van der Waals surface area (Å²) >= 11 is 7.35. The molecule has 0 saturated carbocycles. The van der Waals surface area contributed by atoms with Gasteiger partial charge in [0.1, 0.15) is 5.82 Å². The number of thiophene rings is 1. The molecule has 2 rings (SSSR count). The predicted octanol–water partition coefficient (Wildman–Crippen LogP) is 4.21. The molecule has 18 heavy (non-hydrogen) atoms. The Hall–Kier alpha value is -0.440. The summed E-state index contributed by atoms with van der Waals surface area (Å²) in [6.45, 7) is 0. The molecule has 2 aromatic rings. The van der Waals surface area contributed by atoms with Crippen LogP contribution in [-0.2, 0) is 10.0 Å². The fraction of sp³-hybridized carbons (Fsp3) is 0. The zero-order valence-electron chi connectivity index (χ0n) is 8.65. The first-order chi connectivity index (χ1) is 8.40. The molecule has 0 radical (unpaired) electrons. The number of sulfonamides is 1. The maximum atomic E-state index is 13.5. The molecular weight excluding hydrogens is 409 g/mol. The van der Waals surface area contributed by atoms with E-state index >= 15 is 0 Å². The number of halogens is 3. The maximum absolute atomic E-state index is 13.5. The third-order valence-electron chi connectivity index (χ3n) is 2.00. The standard InChI is InChI=1S/C10H6Br2FNO2S2/c11-6-1-2-8(13)9(5-6)14-18(15,16)10-7(12)3-4-17-10/h1-5,14H. The van der Waals surface area contributed by atoms with Crippen LogP contribution in [0.4, 0.5) is 10.1 Å². The second-order valence-corrected chi connectivity index (χ2v) is 7.85. The van der Waals surface area contributed by atoms with Crippen LogP contribution in [0.15, 0.2) is 42.8 Å². The van der Waals surface area contributed by atoms with E-state index in [1.807, 2.05) is 0 Å². The van der Waals surface area contributed by atoms with E-state index in [0.29, 0.717) is 8.95 Å². The summed E-state index contributed by atoms with van der Waals surface area (Å²) in [5, 5.41) is 1.63. The second kappa shape index (κ2) is 5.28. The molecule has 1 heterocycles. The predicted molar refractivity (Wildman–Crippen MR) is 76.9 cm³/mol. The number of rotatable bonds is 3. The number of hydrogen-bond donors (Lipinski definition) is 1. The molecule has 96 valence electrons. The van der Waals surface area contributed by atoms with Gasteiger partial charge in [-0.25, -0.2) is 12.8 Å². The topological polar surface area (TPSA) is 46.2 Å². The molecular formula is C10H6Br2FNO2S2. The molecule has 0 aliphatic rings. The van der Waals surface area contributed by atoms with Crippen molar-refractivity contribution in [3.8, 4) is 0 Å². The molecule has 0 fully saturated rings. The Kier molecular flexibility index (Phi) is 4.10. The highest BCUT2D eigenvalue weighted by Crippen LogP contribution is 2.30. The highest BCUT2D eigenvalue weighted by molar-refractivity contribution is 9.10. The molecule has 0 amide bonds. The molecule has 1 aromatic carbocycles. The number of anilines is 1. The van der Waals surface area contributed by atoms with Crippen molar-refractivity contribution < 1.29 is 12.8 Å². The average Bonchev–Trinajstić information content (AvgIpc) is 2.70. The maximum Gasteiger partial charge on any atom is 0.272 e. The first kappa shape index (κ1) is 14.0. The summed E-state index contributed by atoms with van der Waals surface area (Å²) in [4.78, 5) is 0. The van der Waals surface area contributed by atoms with Gasteiger partial charge in [-0.3, -0.25) is 4.72 Å². The first-order valence-corrected chi connectivity index (χ1v) is 8.56. The normalized spacial score (nSPS) is 11.5. The lowest BCUT2D eigenvalue weighted by molar-refractivity contribution is 0.600. The van der Waals surface area contributed by atoms with E-state index in [1.54, 1.807) is 11.4 Å². The van der Waals surface area contributed by atoms with Crippen molar-refractivity contribution in [1.29, 1.82) is 0 Å². The lowest BCUT2D eigenvalue weighted by Crippen LogP contribution is -2.13. The molecule has 0 aliphatic carbocycles. The zero-order valence-corrected chi connectivity index (χ0v) is 13.5. The van der Waals surface area contributed by atoms with Gasteiger partial charge in [-0.2, -0.15) is 0 Å². The summed E-state index contributed by atoms with van der Waals surface area (Å²) in [7, 11) is -3.78. The number of nitrogens with one attached hydrogen (secondary N) is 1. The molecule has 0 spiro atoms. The van der Waals surface area contributed by atoms with Crippen molar-refractivity contribution >= 4 is 58.9 Å². The quantitative estimate of drug-likeness (QED) is 0.817. The molecule has 1 N–H and O–H groups in total. The third kappa shape index (κ3) is 2.93. The SMILES string of the molecule is O=S(=O)(Nc1cc(Br)ccc1F)c1sccc1Br. The number of hydrogen-bond acceptors (Lipinski definition) is 3. The van der Waals surface area contributed by atoms with Crippen molar-refractivity contribution in [1.82, 2.24) is 0 Å². The van der Waals surface area contributed by atoms with Crippen molar-refractivity contribution in [3.63, 3.8) is 0 Å². The fourth-order valence-corrected chi connectivity index (χ4v) is 5.00. The summed E-state index contributed by atoms with van der Waals surface area (Å²) in [6.07, 6.45) is 0. The van der Waals surface area contributed by atoms with Crippen LogP contribution in [0.5, 0.6) is 0 Å². The van der Waals surface area contributed by atoms with E-state index in [1.165, 1.54) is 18.2 Å². The Morgan fingerprint density at radius 3 is 2.56 bits per heavy atom. The van der Waals surface area contributed by atoms with Crippen LogP contribution in [0.3, 0.4) is 0 Å². The molecule has 0 unspecified atom stereocenters. The zero-order chi connectivity index (χ0) is 13.3. The highest BCUT2D eigenvalue weighted by Gasteiger charge is 2.20. The van der Waals surface area contributed by atoms with E-state index < -0.39 is 15.8 Å². The fourth-order valence-electron chi connectivity index (χ4n) is 1.24. The van der Waals surface area contributed by atoms with E-state index in [9.17, 15) is 12.8 Å². The Balaban J connectivity index is 2.40. The molecule has 0 bridgehead atoms. The van der Waals surface area contributed by atoms with Crippen LogP contribution in [0, 0.1) is 5.82 Å². The first-order valence-electron chi connectivity index (χ1n) is 4.61. The van der Waals surface area contributed by atoms with Gasteiger partial charge in [-0.15, -0.1) is 11.3 Å². The van der Waals surface area contributed by atoms with Gasteiger partial charge in [0, 0.05) is 8.95 Å². The van der Waals surface area contributed by atoms with Crippen molar-refractivity contribution in [2.75, 3.05) is 4.72 Å². The Bertz CT molecular complexity index is 685. The lowest BCUT2D eigenvalue weighted by Gasteiger charge is -2.08. The van der Waals surface area contributed by atoms with Crippen molar-refractivity contribution in [2.45, 2.75) is 4.21 Å². The third-order valence-corrected chi connectivity index (χ3v) is 6.53. The smallest absolute Gasteiger partial charge is 0.272 e. The lowest BCUT2D eigenvalue weighted by atomic mass is 10.3. The minimum atomic E-state index is -3.78. The van der Waals surface area contributed by atoms with Gasteiger partial charge in [0.2, 0.25) is 0 Å². The molecule has 0 saturated heterocycles. The Labute approximate surface area is 124 Å². The van der Waals surface area contributed by atoms with Crippen LogP contribution in [-0.4, -0.2) is 8.42 Å². The van der Waals surface area contributed by atoms with Crippen molar-refractivity contribution in [2.24, 2.45) is 0 Å². The molecule has 0 atom stereocenters. The van der Waals surface area contributed by atoms with Crippen LogP contribution in [0.1, 0.15) is 0 Å². The van der Waals surface area contributed by atoms with E-state index in [0.717, 1.165) is 11.3 Å². The summed E-state index contributed by atoms with van der Waals surface area (Å²) < 4.78 is 40.9. The van der Waals surface area contributed by atoms with Gasteiger partial charge < -0.3 is 0 Å². The molecule has 8 heteroatoms. The summed E-state index contributed by atoms with van der Waals surface area (Å²) in [5.74, 6) is -0.630. The van der Waals surface area contributed by atoms with Gasteiger partial charge in [-0.05, 0) is 45.6 Å². The van der Waals surface area contributed by atoms with E-state index in [-0.39, 0.29) is 9.90 Å². The van der Waals surface area contributed by atoms with Crippen molar-refractivity contribution in [3.05, 3.63) is 44.4 Å². The summed E-state index contributed by atoms with van der Waals surface area (Å²) in [5.41, 5.74) is -0.0929. The second-order valence-electron chi connectivity index (χ2n) is 3.29. The minimum absolute atomic E-state index is 0.0929. The molecule has 3 nitrogen and oxygen atoms in total. The van der Waals surface area contributed by atoms with Gasteiger partial charge >= 0.3 is 0 Å². The summed E-state index contributed by atoms with van der Waals surface area (Å²) in [6, 6.07) is 5.67. The highest BCUT2D eigenvalue weighted by atomic mass is 79.9. The minimum Gasteiger partial charge on any atom is -0.276 e. The van der Waals surface area contributed by atoms with Gasteiger partial charge in [0.15, 0.2) is 4.21 Å². The largest absolute Gasteiger partial charge is 0.276 e. The monoisotopic (exact) mass is 413 g/mol. The van der Waals surface area contributed by atoms with Gasteiger partial charge in [-0.1, -0.05) is 15.9 Å². The van der Waals surface area contributed by atoms with Crippen LogP contribution in [0.25, 0.3) is 0 Å². The van der Waals surface area contributed by atoms with Gasteiger partial charge in [0.05, 0.1) is 5.69 Å². The van der Waals surface area contributed by atoms with E-state index in [4.69, 9.17) is 0 Å². The van der Waals surface area contributed by atoms with Crippen LogP contribution >= 0.6 is 43.2 Å². The number of benzene rings is 1. The van der Waals surface area contributed by atoms with Crippen LogP contribution < -0.4 is 4.72 Å². The van der Waals surface area contributed by atoms with Crippen LogP contribution in [0.2, 0.25) is 0 Å².